The Balaban J connectivity index is 0.000000322. The van der Waals surface area contributed by atoms with Crippen LogP contribution in [0.5, 0.6) is 0 Å². The standard InChI is InChI=1S/C9H8N4O2S.C2HF3O2/c14-8(15)2-4-13-3-1-7(5-11-13)9-10-6-16-12-9;3-2(4,5)1(6)7/h1,3,5-6H,2,4H2;(H,6,7)/p+1. The molecular formula is C11H10F3N4O4S+. The number of nitrogens with zero attached hydrogens (tertiary/aromatic N) is 4. The van der Waals surface area contributed by atoms with E-state index >= 15 is 0 Å². The highest BCUT2D eigenvalue weighted by Crippen LogP contribution is 2.13. The fourth-order valence-electron chi connectivity index (χ4n) is 1.16. The summed E-state index contributed by atoms with van der Waals surface area (Å²) in [5, 5.41) is 19.7. The highest BCUT2D eigenvalue weighted by Gasteiger charge is 2.38. The molecule has 2 aromatic rings. The van der Waals surface area contributed by atoms with E-state index in [9.17, 15) is 18.0 Å². The van der Waals surface area contributed by atoms with Crippen LogP contribution in [0.25, 0.3) is 11.4 Å². The lowest BCUT2D eigenvalue weighted by Gasteiger charge is -1.93. The van der Waals surface area contributed by atoms with Gasteiger partial charge in [-0.2, -0.15) is 17.5 Å². The zero-order valence-corrected chi connectivity index (χ0v) is 12.1. The predicted octanol–water partition coefficient (Wildman–Crippen LogP) is 0.996. The second-order valence-electron chi connectivity index (χ2n) is 3.88. The molecule has 124 valence electrons. The first-order valence-corrected chi connectivity index (χ1v) is 6.68. The molecule has 0 radical (unpaired) electrons. The van der Waals surface area contributed by atoms with Crippen LogP contribution in [0, 0.1) is 0 Å². The second kappa shape index (κ2) is 8.12. The molecule has 2 N–H and O–H groups in total. The van der Waals surface area contributed by atoms with E-state index in [4.69, 9.17) is 15.0 Å². The van der Waals surface area contributed by atoms with Crippen molar-refractivity contribution < 1.29 is 37.7 Å². The Labute approximate surface area is 131 Å². The normalized spacial score (nSPS) is 10.6. The van der Waals surface area contributed by atoms with Crippen molar-refractivity contribution in [3.8, 4) is 11.4 Å². The summed E-state index contributed by atoms with van der Waals surface area (Å²) < 4.78 is 37.4. The van der Waals surface area contributed by atoms with Crippen molar-refractivity contribution >= 4 is 23.5 Å². The Morgan fingerprint density at radius 3 is 2.35 bits per heavy atom. The molecule has 8 nitrogen and oxygen atoms in total. The van der Waals surface area contributed by atoms with E-state index in [0.717, 1.165) is 5.56 Å². The molecule has 0 saturated carbocycles. The lowest BCUT2D eigenvalue weighted by atomic mass is 10.3. The first-order chi connectivity index (χ1) is 10.7. The number of hydrogen-bond donors (Lipinski definition) is 2. The average molecular weight is 351 g/mol. The topological polar surface area (TPSA) is 117 Å². The Kier molecular flexibility index (Phi) is 6.50. The van der Waals surface area contributed by atoms with E-state index < -0.39 is 18.1 Å². The highest BCUT2D eigenvalue weighted by atomic mass is 32.1. The first kappa shape index (κ1) is 18.4. The molecule has 23 heavy (non-hydrogen) atoms. The van der Waals surface area contributed by atoms with Gasteiger partial charge in [0.25, 0.3) is 0 Å². The van der Waals surface area contributed by atoms with Gasteiger partial charge in [0.1, 0.15) is 18.1 Å². The number of carboxylic acids is 2. The van der Waals surface area contributed by atoms with Gasteiger partial charge in [-0.1, -0.05) is 4.68 Å². The number of aryl methyl sites for hydroxylation is 1. The molecular weight excluding hydrogens is 341 g/mol. The number of carbonyl (C=O) groups is 2. The molecule has 2 aromatic heterocycles. The van der Waals surface area contributed by atoms with Crippen molar-refractivity contribution in [2.24, 2.45) is 0 Å². The maximum absolute atomic E-state index is 10.6. The van der Waals surface area contributed by atoms with Gasteiger partial charge < -0.3 is 10.2 Å². The summed E-state index contributed by atoms with van der Waals surface area (Å²) >= 11 is 1.28. The summed E-state index contributed by atoms with van der Waals surface area (Å²) in [5.74, 6) is -2.95. The van der Waals surface area contributed by atoms with Crippen LogP contribution >= 0.6 is 11.5 Å². The highest BCUT2D eigenvalue weighted by molar-refractivity contribution is 7.03. The predicted molar refractivity (Wildman–Crippen MR) is 69.3 cm³/mol. The number of aliphatic carboxylic acids is 2. The van der Waals surface area contributed by atoms with Crippen molar-refractivity contribution in [3.63, 3.8) is 0 Å². The summed E-state index contributed by atoms with van der Waals surface area (Å²) in [6, 6.07) is 1.82. The maximum Gasteiger partial charge on any atom is 0.490 e. The van der Waals surface area contributed by atoms with Gasteiger partial charge in [0, 0.05) is 6.07 Å². The van der Waals surface area contributed by atoms with Crippen LogP contribution in [0.4, 0.5) is 13.2 Å². The fraction of sp³-hybridized carbons (Fsp3) is 0.273. The minimum Gasteiger partial charge on any atom is -0.481 e. The monoisotopic (exact) mass is 351 g/mol. The Hall–Kier alpha value is -2.63. The van der Waals surface area contributed by atoms with Gasteiger partial charge in [-0.15, -0.1) is 0 Å². The lowest BCUT2D eigenvalue weighted by molar-refractivity contribution is -0.752. The van der Waals surface area contributed by atoms with Gasteiger partial charge in [0.2, 0.25) is 0 Å². The quantitative estimate of drug-likeness (QED) is 0.789. The van der Waals surface area contributed by atoms with Gasteiger partial charge in [-0.3, -0.25) is 4.79 Å². The third kappa shape index (κ3) is 6.78. The van der Waals surface area contributed by atoms with Crippen LogP contribution in [0.15, 0.2) is 24.0 Å². The van der Waals surface area contributed by atoms with Crippen LogP contribution in [0.1, 0.15) is 6.42 Å². The molecule has 12 heteroatoms. The molecule has 2 rings (SSSR count). The SMILES string of the molecule is O=C(O)C(F)(F)F.O=C(O)CC[n+]1ccc(-c2ncsn2)cn1. The van der Waals surface area contributed by atoms with Gasteiger partial charge in [-0.25, -0.2) is 9.78 Å². The van der Waals surface area contributed by atoms with Crippen molar-refractivity contribution in [1.82, 2.24) is 14.5 Å². The van der Waals surface area contributed by atoms with Crippen molar-refractivity contribution in [1.29, 1.82) is 0 Å². The number of hydrogen-bond acceptors (Lipinski definition) is 6. The number of rotatable bonds is 4. The van der Waals surface area contributed by atoms with Crippen molar-refractivity contribution in [2.75, 3.05) is 0 Å². The average Bonchev–Trinajstić information content (AvgIpc) is 2.99. The van der Waals surface area contributed by atoms with Crippen LogP contribution in [-0.4, -0.2) is 42.8 Å². The van der Waals surface area contributed by atoms with Gasteiger partial charge in [0.15, 0.2) is 18.6 Å². The molecule has 0 aromatic carbocycles. The zero-order chi connectivity index (χ0) is 17.5. The molecule has 0 amide bonds. The van der Waals surface area contributed by atoms with E-state index in [-0.39, 0.29) is 6.42 Å². The molecule has 0 unspecified atom stereocenters. The molecule has 0 aliphatic rings. The molecule has 2 heterocycles. The van der Waals surface area contributed by atoms with E-state index in [1.807, 2.05) is 6.07 Å². The molecule has 0 bridgehead atoms. The zero-order valence-electron chi connectivity index (χ0n) is 11.3. The second-order valence-corrected chi connectivity index (χ2v) is 4.48. The fourth-order valence-corrected chi connectivity index (χ4v) is 1.60. The van der Waals surface area contributed by atoms with Crippen LogP contribution in [-0.2, 0) is 16.1 Å². The molecule has 0 spiro atoms. The minimum atomic E-state index is -5.08. The molecule has 0 aliphatic heterocycles. The van der Waals surface area contributed by atoms with E-state index in [2.05, 4.69) is 14.5 Å². The van der Waals surface area contributed by atoms with Crippen LogP contribution < -0.4 is 4.68 Å². The lowest BCUT2D eigenvalue weighted by Crippen LogP contribution is -2.38. The van der Waals surface area contributed by atoms with Crippen molar-refractivity contribution in [2.45, 2.75) is 19.1 Å². The summed E-state index contributed by atoms with van der Waals surface area (Å²) in [4.78, 5) is 23.3. The molecule has 0 saturated heterocycles. The summed E-state index contributed by atoms with van der Waals surface area (Å²) in [6.07, 6.45) is -1.67. The van der Waals surface area contributed by atoms with E-state index in [1.165, 1.54) is 11.5 Å². The third-order valence-electron chi connectivity index (χ3n) is 2.19. The van der Waals surface area contributed by atoms with E-state index in [0.29, 0.717) is 12.4 Å². The smallest absolute Gasteiger partial charge is 0.481 e. The number of halogens is 3. The number of aromatic nitrogens is 4. The van der Waals surface area contributed by atoms with Crippen LogP contribution in [0.3, 0.4) is 0 Å². The van der Waals surface area contributed by atoms with Gasteiger partial charge >= 0.3 is 18.1 Å². The summed E-state index contributed by atoms with van der Waals surface area (Å²) in [6.45, 7) is 0.361. The van der Waals surface area contributed by atoms with Gasteiger partial charge in [-0.05, 0) is 16.6 Å². The number of carboxylic acid groups (broad SMARTS) is 2. The Bertz CT molecular complexity index is 646. The maximum atomic E-state index is 10.6. The summed E-state index contributed by atoms with van der Waals surface area (Å²) in [5.41, 5.74) is 2.48. The minimum absolute atomic E-state index is 0.0615. The third-order valence-corrected chi connectivity index (χ3v) is 2.67. The summed E-state index contributed by atoms with van der Waals surface area (Å²) in [7, 11) is 0. The van der Waals surface area contributed by atoms with E-state index in [1.54, 1.807) is 22.6 Å². The Morgan fingerprint density at radius 2 is 1.96 bits per heavy atom. The van der Waals surface area contributed by atoms with Gasteiger partial charge in [0.05, 0.1) is 5.56 Å². The molecule has 0 atom stereocenters. The molecule has 0 fully saturated rings. The van der Waals surface area contributed by atoms with Crippen LogP contribution in [0.2, 0.25) is 0 Å². The van der Waals surface area contributed by atoms with Crippen molar-refractivity contribution in [3.05, 3.63) is 24.0 Å². The molecule has 0 aliphatic carbocycles. The Morgan fingerprint density at radius 1 is 1.30 bits per heavy atom. The number of alkyl halides is 3. The largest absolute Gasteiger partial charge is 0.490 e. The first-order valence-electron chi connectivity index (χ1n) is 5.84.